The van der Waals surface area contributed by atoms with Gasteiger partial charge in [0.25, 0.3) is 0 Å². The van der Waals surface area contributed by atoms with Crippen LogP contribution in [0.25, 0.3) is 20.8 Å². The molecular formula is C23H25N3O4S2. The van der Waals surface area contributed by atoms with Crippen LogP contribution >= 0.6 is 11.3 Å². The maximum Gasteiger partial charge on any atom is 0.215 e. The zero-order chi connectivity index (χ0) is 23.3. The molecule has 7 nitrogen and oxygen atoms in total. The van der Waals surface area contributed by atoms with Crippen molar-refractivity contribution in [3.8, 4) is 10.6 Å². The highest BCUT2D eigenvalue weighted by Crippen LogP contribution is 2.32. The summed E-state index contributed by atoms with van der Waals surface area (Å²) >= 11 is 1.76. The Kier molecular flexibility index (Phi) is 7.57. The first-order valence-electron chi connectivity index (χ1n) is 10.1. The molecule has 9 heteroatoms. The molecule has 1 heterocycles. The Hall–Kier alpha value is -2.85. The molecule has 0 radical (unpaired) electrons. The first-order chi connectivity index (χ1) is 15.2. The number of hydrogen-bond acceptors (Lipinski definition) is 6. The summed E-state index contributed by atoms with van der Waals surface area (Å²) < 4.78 is 36.3. The van der Waals surface area contributed by atoms with Crippen LogP contribution in [0.3, 0.4) is 0 Å². The van der Waals surface area contributed by atoms with Crippen LogP contribution in [0.15, 0.2) is 60.7 Å². The Morgan fingerprint density at radius 2 is 1.72 bits per heavy atom. The maximum absolute atomic E-state index is 8.63. The molecule has 0 unspecified atom stereocenters. The Morgan fingerprint density at radius 3 is 2.34 bits per heavy atom. The van der Waals surface area contributed by atoms with E-state index < -0.39 is 10.4 Å². The zero-order valence-corrected chi connectivity index (χ0v) is 19.5. The van der Waals surface area contributed by atoms with Crippen LogP contribution in [-0.2, 0) is 16.8 Å². The quantitative estimate of drug-likeness (QED) is 0.155. The zero-order valence-electron chi connectivity index (χ0n) is 17.9. The van der Waals surface area contributed by atoms with Crippen molar-refractivity contribution in [3.63, 3.8) is 0 Å². The van der Waals surface area contributed by atoms with E-state index in [0.29, 0.717) is 0 Å². The number of benzene rings is 3. The van der Waals surface area contributed by atoms with Gasteiger partial charge in [-0.05, 0) is 49.6 Å². The SMILES string of the molecule is CC[N+](CC)=c1ccc2nc3cc(Cc4ccccc4)c(N)cc3sc-2c1.O=S(=O)([O-])O. The third-order valence-electron chi connectivity index (χ3n) is 4.99. The lowest BCUT2D eigenvalue weighted by atomic mass is 10.0. The Labute approximate surface area is 191 Å². The van der Waals surface area contributed by atoms with E-state index in [9.17, 15) is 0 Å². The lowest BCUT2D eigenvalue weighted by Crippen LogP contribution is -2.29. The molecule has 2 aliphatic rings. The average molecular weight is 472 g/mol. The molecule has 0 amide bonds. The van der Waals surface area contributed by atoms with Crippen LogP contribution in [0.1, 0.15) is 25.0 Å². The molecular weight excluding hydrogens is 446 g/mol. The number of anilines is 1. The van der Waals surface area contributed by atoms with E-state index in [0.717, 1.165) is 46.7 Å². The largest absolute Gasteiger partial charge is 0.726 e. The summed E-state index contributed by atoms with van der Waals surface area (Å²) in [5.74, 6) is 0. The second-order valence-corrected chi connectivity index (χ2v) is 9.09. The van der Waals surface area contributed by atoms with Gasteiger partial charge in [0.05, 0.1) is 20.8 Å². The van der Waals surface area contributed by atoms with Crippen LogP contribution in [0.4, 0.5) is 5.69 Å². The van der Waals surface area contributed by atoms with Gasteiger partial charge in [-0.3, -0.25) is 4.55 Å². The van der Waals surface area contributed by atoms with Crippen molar-refractivity contribution in [1.82, 2.24) is 9.56 Å². The van der Waals surface area contributed by atoms with Crippen LogP contribution in [0, 0.1) is 0 Å². The van der Waals surface area contributed by atoms with E-state index in [1.54, 1.807) is 11.3 Å². The van der Waals surface area contributed by atoms with Crippen molar-refractivity contribution < 1.29 is 17.5 Å². The summed E-state index contributed by atoms with van der Waals surface area (Å²) in [7, 11) is -4.92. The standard InChI is InChI=1S/C23H23N3S.H2O4S/c1-3-26(4-2)18-10-11-20-22(14-18)27-23-15-19(24)17(13-21(23)25-20)12-16-8-6-5-7-9-16;1-5(2,3)4/h5-11,13-15,24H,3-4,12H2,1-2H3;(H2,1,2,3,4). The van der Waals surface area contributed by atoms with E-state index in [2.05, 4.69) is 73.0 Å². The van der Waals surface area contributed by atoms with Crippen molar-refractivity contribution in [2.75, 3.05) is 18.8 Å². The van der Waals surface area contributed by atoms with Gasteiger partial charge in [0.1, 0.15) is 13.1 Å². The minimum absolute atomic E-state index is 0.827. The monoisotopic (exact) mass is 471 g/mol. The highest BCUT2D eigenvalue weighted by Gasteiger charge is 2.12. The van der Waals surface area contributed by atoms with Gasteiger partial charge in [0, 0.05) is 17.8 Å². The minimum Gasteiger partial charge on any atom is -0.726 e. The summed E-state index contributed by atoms with van der Waals surface area (Å²) in [5, 5.41) is 1.25. The molecule has 1 aliphatic heterocycles. The van der Waals surface area contributed by atoms with Gasteiger partial charge in [0.15, 0.2) is 0 Å². The van der Waals surface area contributed by atoms with Crippen molar-refractivity contribution in [2.24, 2.45) is 0 Å². The Bertz CT molecular complexity index is 1350. The lowest BCUT2D eigenvalue weighted by Gasteiger charge is -2.10. The van der Waals surface area contributed by atoms with E-state index in [1.807, 2.05) is 6.07 Å². The second-order valence-electron chi connectivity index (χ2n) is 7.15. The molecule has 0 saturated carbocycles. The van der Waals surface area contributed by atoms with Gasteiger partial charge >= 0.3 is 0 Å². The van der Waals surface area contributed by atoms with E-state index >= 15 is 0 Å². The average Bonchev–Trinajstić information content (AvgIpc) is 2.73. The highest BCUT2D eigenvalue weighted by atomic mass is 32.3. The Balaban J connectivity index is 0.000000523. The van der Waals surface area contributed by atoms with E-state index in [4.69, 9.17) is 28.2 Å². The predicted molar refractivity (Wildman–Crippen MR) is 129 cm³/mol. The molecule has 168 valence electrons. The molecule has 0 spiro atoms. The first-order valence-corrected chi connectivity index (χ1v) is 12.3. The van der Waals surface area contributed by atoms with Crippen molar-refractivity contribution in [1.29, 1.82) is 0 Å². The molecule has 2 aromatic carbocycles. The second kappa shape index (κ2) is 10.2. The van der Waals surface area contributed by atoms with Crippen molar-refractivity contribution in [2.45, 2.75) is 20.3 Å². The summed E-state index contributed by atoms with van der Waals surface area (Å²) in [4.78, 5) is 6.11. The predicted octanol–water partition coefficient (Wildman–Crippen LogP) is 3.39. The smallest absolute Gasteiger partial charge is 0.215 e. The molecule has 0 aromatic heterocycles. The fourth-order valence-electron chi connectivity index (χ4n) is 3.48. The molecule has 1 aliphatic carbocycles. The van der Waals surface area contributed by atoms with Gasteiger partial charge < -0.3 is 10.3 Å². The number of rotatable bonds is 4. The van der Waals surface area contributed by atoms with E-state index in [1.165, 1.54) is 15.8 Å². The molecule has 0 saturated heterocycles. The molecule has 3 N–H and O–H groups in total. The van der Waals surface area contributed by atoms with Crippen molar-refractivity contribution in [3.05, 3.63) is 77.1 Å². The first kappa shape index (κ1) is 23.8. The fraction of sp³-hybridized carbons (Fsp3) is 0.217. The molecule has 4 rings (SSSR count). The lowest BCUT2D eigenvalue weighted by molar-refractivity contribution is 0.366. The highest BCUT2D eigenvalue weighted by molar-refractivity contribution is 7.79. The molecule has 0 bridgehead atoms. The number of aromatic nitrogens is 1. The van der Waals surface area contributed by atoms with Gasteiger partial charge in [-0.25, -0.2) is 18.0 Å². The van der Waals surface area contributed by atoms with Gasteiger partial charge in [0.2, 0.25) is 15.8 Å². The van der Waals surface area contributed by atoms with Crippen LogP contribution in [-0.4, -0.2) is 35.6 Å². The van der Waals surface area contributed by atoms with Crippen LogP contribution in [0.2, 0.25) is 0 Å². The van der Waals surface area contributed by atoms with Gasteiger partial charge in [-0.15, -0.1) is 11.3 Å². The normalized spacial score (nSPS) is 11.2. The molecule has 2 aromatic rings. The van der Waals surface area contributed by atoms with E-state index in [-0.39, 0.29) is 0 Å². The molecule has 0 fully saturated rings. The third-order valence-corrected chi connectivity index (χ3v) is 6.08. The van der Waals surface area contributed by atoms with Crippen LogP contribution < -0.4 is 15.7 Å². The maximum atomic E-state index is 8.63. The van der Waals surface area contributed by atoms with Gasteiger partial charge in [-0.2, -0.15) is 0 Å². The Morgan fingerprint density at radius 1 is 1.06 bits per heavy atom. The topological polar surface area (TPSA) is 119 Å². The summed E-state index contributed by atoms with van der Waals surface area (Å²) in [5.41, 5.74) is 11.7. The fourth-order valence-corrected chi connectivity index (χ4v) is 4.51. The number of fused-ring (bicyclic) bond motifs is 2. The number of nitrogens with two attached hydrogens (primary N) is 1. The minimum atomic E-state index is -4.92. The number of nitrogens with zero attached hydrogens (tertiary/aromatic N) is 2. The molecule has 0 atom stereocenters. The van der Waals surface area contributed by atoms with Gasteiger partial charge in [-0.1, -0.05) is 30.3 Å². The number of hydrogen-bond donors (Lipinski definition) is 2. The summed E-state index contributed by atoms with van der Waals surface area (Å²) in [6.07, 6.45) is 0.827. The van der Waals surface area contributed by atoms with Crippen LogP contribution in [0.5, 0.6) is 0 Å². The third kappa shape index (κ3) is 6.33. The van der Waals surface area contributed by atoms with Crippen molar-refractivity contribution >= 4 is 37.6 Å². The summed E-state index contributed by atoms with van der Waals surface area (Å²) in [6, 6.07) is 21.2. The summed E-state index contributed by atoms with van der Waals surface area (Å²) in [6.45, 7) is 6.38. The molecule has 32 heavy (non-hydrogen) atoms. The number of nitrogen functional groups attached to an aromatic ring is 1.